The lowest BCUT2D eigenvalue weighted by atomic mass is 10.2. The Bertz CT molecular complexity index is 637. The molecule has 0 radical (unpaired) electrons. The van der Waals surface area contributed by atoms with E-state index in [0.29, 0.717) is 10.7 Å². The van der Waals surface area contributed by atoms with Crippen LogP contribution in [0.25, 0.3) is 0 Å². The molecule has 120 valence electrons. The Morgan fingerprint density at radius 1 is 1.45 bits per heavy atom. The minimum absolute atomic E-state index is 0.177. The van der Waals surface area contributed by atoms with Crippen LogP contribution in [0, 0.1) is 0 Å². The lowest BCUT2D eigenvalue weighted by molar-refractivity contribution is 0.0550. The van der Waals surface area contributed by atoms with Gasteiger partial charge in [-0.05, 0) is 27.0 Å². The maximum absolute atomic E-state index is 12.1. The van der Waals surface area contributed by atoms with E-state index in [4.69, 9.17) is 9.94 Å². The number of alkyl carbamates (subject to hydrolysis) is 1. The highest BCUT2D eigenvalue weighted by Crippen LogP contribution is 2.40. The molecule has 0 spiro atoms. The molecule has 0 aliphatic carbocycles. The Hall–Kier alpha value is -1.85. The predicted molar refractivity (Wildman–Crippen MR) is 82.6 cm³/mol. The number of hydrogen-bond acceptors (Lipinski definition) is 9. The summed E-state index contributed by atoms with van der Waals surface area (Å²) in [6.45, 7) is 5.06. The topological polar surface area (TPSA) is 116 Å². The number of amides is 3. The van der Waals surface area contributed by atoms with Gasteiger partial charge in [0.05, 0.1) is 0 Å². The molecule has 0 bridgehead atoms. The predicted octanol–water partition coefficient (Wildman–Crippen LogP) is 1.97. The molecule has 1 aromatic heterocycles. The standard InChI is InChI=1S/C11H15N5O4S2/c1-11(2,3)20-9(18)13-8(17)16-6-5(7(16)14-15-19)22-10(12-6)21-4/h15,19H,1-4H3,(H,13,17,18)/b14-7+. The molecule has 1 aromatic rings. The van der Waals surface area contributed by atoms with Crippen LogP contribution in [0.4, 0.5) is 15.4 Å². The number of anilines is 1. The number of thioether (sulfide) groups is 1. The number of ether oxygens (including phenoxy) is 1. The van der Waals surface area contributed by atoms with E-state index < -0.39 is 17.7 Å². The van der Waals surface area contributed by atoms with Gasteiger partial charge in [0.15, 0.2) is 16.0 Å². The summed E-state index contributed by atoms with van der Waals surface area (Å²) in [5.41, 5.74) is 0.915. The van der Waals surface area contributed by atoms with E-state index in [1.807, 2.05) is 6.26 Å². The number of carbonyl (C=O) groups is 2. The number of urea groups is 1. The normalized spacial score (nSPS) is 15.1. The molecular weight excluding hydrogens is 330 g/mol. The van der Waals surface area contributed by atoms with Crippen molar-refractivity contribution in [2.75, 3.05) is 11.2 Å². The lowest BCUT2D eigenvalue weighted by Crippen LogP contribution is -2.53. The maximum Gasteiger partial charge on any atom is 0.415 e. The monoisotopic (exact) mass is 345 g/mol. The van der Waals surface area contributed by atoms with Crippen molar-refractivity contribution in [2.24, 2.45) is 5.10 Å². The summed E-state index contributed by atoms with van der Waals surface area (Å²) in [6, 6.07) is -0.756. The Labute approximate surface area is 134 Å². The van der Waals surface area contributed by atoms with E-state index in [1.54, 1.807) is 26.4 Å². The fraction of sp³-hybridized carbons (Fsp3) is 0.455. The van der Waals surface area contributed by atoms with Gasteiger partial charge >= 0.3 is 12.1 Å². The third-order valence-electron chi connectivity index (χ3n) is 2.36. The molecule has 0 saturated heterocycles. The zero-order valence-corrected chi connectivity index (χ0v) is 14.0. The van der Waals surface area contributed by atoms with Gasteiger partial charge in [-0.3, -0.25) is 5.21 Å². The number of rotatable bonds is 2. The number of hydrazone groups is 1. The second-order valence-electron chi connectivity index (χ2n) is 5.14. The van der Waals surface area contributed by atoms with Crippen molar-refractivity contribution >= 4 is 46.9 Å². The highest BCUT2D eigenvalue weighted by molar-refractivity contribution is 8.00. The fourth-order valence-electron chi connectivity index (χ4n) is 1.61. The molecule has 22 heavy (non-hydrogen) atoms. The maximum atomic E-state index is 12.1. The van der Waals surface area contributed by atoms with Crippen LogP contribution in [-0.2, 0) is 4.74 Å². The van der Waals surface area contributed by atoms with Gasteiger partial charge in [-0.1, -0.05) is 11.8 Å². The summed E-state index contributed by atoms with van der Waals surface area (Å²) in [4.78, 5) is 29.8. The molecule has 3 amide bonds. The van der Waals surface area contributed by atoms with Crippen molar-refractivity contribution in [1.82, 2.24) is 15.9 Å². The first-order valence-corrected chi connectivity index (χ1v) is 8.17. The molecule has 1 aliphatic rings. The van der Waals surface area contributed by atoms with Crippen molar-refractivity contribution in [3.8, 4) is 0 Å². The number of carbonyl (C=O) groups excluding carboxylic acids is 2. The van der Waals surface area contributed by atoms with E-state index >= 15 is 0 Å². The number of nitrogens with one attached hydrogen (secondary N) is 2. The Morgan fingerprint density at radius 3 is 2.68 bits per heavy atom. The van der Waals surface area contributed by atoms with E-state index in [9.17, 15) is 9.59 Å². The van der Waals surface area contributed by atoms with Gasteiger partial charge in [0.2, 0.25) is 0 Å². The summed E-state index contributed by atoms with van der Waals surface area (Å²) in [5, 5.41) is 14.4. The minimum Gasteiger partial charge on any atom is -0.443 e. The van der Waals surface area contributed by atoms with Gasteiger partial charge in [-0.25, -0.2) is 24.8 Å². The van der Waals surface area contributed by atoms with Crippen molar-refractivity contribution in [3.05, 3.63) is 4.88 Å². The van der Waals surface area contributed by atoms with Crippen LogP contribution < -0.4 is 15.8 Å². The largest absolute Gasteiger partial charge is 0.443 e. The number of imide groups is 1. The summed E-state index contributed by atoms with van der Waals surface area (Å²) < 4.78 is 5.75. The summed E-state index contributed by atoms with van der Waals surface area (Å²) >= 11 is 2.75. The minimum atomic E-state index is -0.873. The van der Waals surface area contributed by atoms with Crippen LogP contribution in [0.5, 0.6) is 0 Å². The molecule has 0 atom stereocenters. The van der Waals surface area contributed by atoms with Crippen LogP contribution in [0.1, 0.15) is 25.6 Å². The average Bonchev–Trinajstić information content (AvgIpc) is 2.72. The second kappa shape index (κ2) is 6.10. The molecule has 0 unspecified atom stereocenters. The number of thiazole rings is 1. The SMILES string of the molecule is CSc1nc2c(s1)/C(=N\NO)N2C(=O)NC(=O)OC(C)(C)C. The molecule has 2 rings (SSSR count). The van der Waals surface area contributed by atoms with E-state index in [-0.39, 0.29) is 5.84 Å². The summed E-state index contributed by atoms with van der Waals surface area (Å²) in [6.07, 6.45) is 0.979. The van der Waals surface area contributed by atoms with Gasteiger partial charge in [0.1, 0.15) is 10.5 Å². The zero-order valence-electron chi connectivity index (χ0n) is 12.3. The van der Waals surface area contributed by atoms with Crippen LogP contribution in [0.15, 0.2) is 9.44 Å². The van der Waals surface area contributed by atoms with Crippen LogP contribution in [0.3, 0.4) is 0 Å². The molecule has 2 heterocycles. The first kappa shape index (κ1) is 16.5. The first-order chi connectivity index (χ1) is 10.3. The number of amidine groups is 1. The molecule has 0 aromatic carbocycles. The number of nitrogens with zero attached hydrogens (tertiary/aromatic N) is 3. The molecule has 0 saturated carbocycles. The van der Waals surface area contributed by atoms with Crippen molar-refractivity contribution < 1.29 is 19.5 Å². The van der Waals surface area contributed by atoms with Gasteiger partial charge < -0.3 is 4.74 Å². The van der Waals surface area contributed by atoms with E-state index in [2.05, 4.69) is 15.4 Å². The van der Waals surface area contributed by atoms with E-state index in [1.165, 1.54) is 23.1 Å². The Balaban J connectivity index is 2.15. The lowest BCUT2D eigenvalue weighted by Gasteiger charge is -2.30. The molecule has 3 N–H and O–H groups in total. The summed E-state index contributed by atoms with van der Waals surface area (Å²) in [5.74, 6) is 0.556. The third kappa shape index (κ3) is 3.31. The van der Waals surface area contributed by atoms with Gasteiger partial charge in [0.25, 0.3) is 0 Å². The van der Waals surface area contributed by atoms with Gasteiger partial charge in [-0.15, -0.1) is 16.4 Å². The molecule has 0 fully saturated rings. The highest BCUT2D eigenvalue weighted by Gasteiger charge is 2.41. The number of aromatic nitrogens is 1. The quantitative estimate of drug-likeness (QED) is 0.554. The van der Waals surface area contributed by atoms with Gasteiger partial charge in [0, 0.05) is 0 Å². The molecular formula is C11H15N5O4S2. The molecule has 9 nitrogen and oxygen atoms in total. The molecule has 1 aliphatic heterocycles. The number of hydrogen-bond donors (Lipinski definition) is 3. The van der Waals surface area contributed by atoms with Crippen LogP contribution in [-0.4, -0.2) is 40.0 Å². The Kier molecular flexibility index (Phi) is 4.58. The second-order valence-corrected chi connectivity index (χ2v) is 7.19. The third-order valence-corrected chi connectivity index (χ3v) is 4.38. The van der Waals surface area contributed by atoms with Crippen LogP contribution in [0.2, 0.25) is 0 Å². The van der Waals surface area contributed by atoms with Crippen molar-refractivity contribution in [2.45, 2.75) is 30.7 Å². The summed E-state index contributed by atoms with van der Waals surface area (Å²) in [7, 11) is 0. The Morgan fingerprint density at radius 2 is 2.14 bits per heavy atom. The van der Waals surface area contributed by atoms with Crippen molar-refractivity contribution in [1.29, 1.82) is 0 Å². The zero-order chi connectivity index (χ0) is 16.5. The van der Waals surface area contributed by atoms with Crippen LogP contribution >= 0.6 is 23.1 Å². The van der Waals surface area contributed by atoms with Crippen molar-refractivity contribution in [3.63, 3.8) is 0 Å². The van der Waals surface area contributed by atoms with E-state index in [0.717, 1.165) is 9.24 Å². The smallest absolute Gasteiger partial charge is 0.415 e. The highest BCUT2D eigenvalue weighted by atomic mass is 32.2. The van der Waals surface area contributed by atoms with Gasteiger partial charge in [-0.2, -0.15) is 5.59 Å². The molecule has 11 heteroatoms. The average molecular weight is 345 g/mol. The number of fused-ring (bicyclic) bond motifs is 1. The fourth-order valence-corrected chi connectivity index (χ4v) is 3.14. The first-order valence-electron chi connectivity index (χ1n) is 6.13.